The Kier molecular flexibility index (Phi) is 4.43. The van der Waals surface area contributed by atoms with E-state index in [-0.39, 0.29) is 17.9 Å². The number of carbonyl (C=O) groups is 1. The third-order valence-electron chi connectivity index (χ3n) is 3.71. The number of aryl methyl sites for hydroxylation is 2. The zero-order chi connectivity index (χ0) is 18.0. The van der Waals surface area contributed by atoms with Crippen molar-refractivity contribution >= 4 is 5.78 Å². The number of hydrogen-bond acceptors (Lipinski definition) is 5. The zero-order valence-electron chi connectivity index (χ0n) is 13.9. The van der Waals surface area contributed by atoms with Gasteiger partial charge in [0.2, 0.25) is 5.75 Å². The molecule has 126 valence electrons. The molecule has 0 atom stereocenters. The molecule has 0 amide bonds. The van der Waals surface area contributed by atoms with E-state index in [2.05, 4.69) is 15.0 Å². The van der Waals surface area contributed by atoms with Gasteiger partial charge in [-0.2, -0.15) is 0 Å². The third-order valence-corrected chi connectivity index (χ3v) is 3.71. The number of aromatic amines is 1. The molecule has 3 rings (SSSR count). The number of aromatic nitrogens is 3. The lowest BCUT2D eigenvalue weighted by atomic mass is 10.0. The molecule has 0 aliphatic heterocycles. The van der Waals surface area contributed by atoms with Crippen molar-refractivity contribution in [1.82, 2.24) is 15.0 Å². The zero-order valence-corrected chi connectivity index (χ0v) is 13.9. The highest BCUT2D eigenvalue weighted by atomic mass is 16.3. The maximum atomic E-state index is 12.6. The second kappa shape index (κ2) is 6.68. The van der Waals surface area contributed by atoms with Crippen molar-refractivity contribution < 1.29 is 9.90 Å². The number of aromatic hydroxyl groups is 1. The van der Waals surface area contributed by atoms with Crippen LogP contribution in [0.4, 0.5) is 0 Å². The number of H-pyrrole nitrogens is 1. The molecule has 0 unspecified atom stereocenters. The summed E-state index contributed by atoms with van der Waals surface area (Å²) < 4.78 is 0. The first-order valence-electron chi connectivity index (χ1n) is 7.79. The quantitative estimate of drug-likeness (QED) is 0.714. The van der Waals surface area contributed by atoms with Crippen LogP contribution in [-0.2, 0) is 6.42 Å². The smallest absolute Gasteiger partial charge is 0.294 e. The Labute approximate surface area is 144 Å². The van der Waals surface area contributed by atoms with E-state index in [1.165, 1.54) is 0 Å². The number of Topliss-reactive ketones (excluding diaryl/α,β-unsaturated/α-hetero) is 1. The minimum Gasteiger partial charge on any atom is -0.501 e. The van der Waals surface area contributed by atoms with Crippen molar-refractivity contribution in [1.29, 1.82) is 0 Å². The monoisotopic (exact) mass is 335 g/mol. The molecule has 0 fully saturated rings. The van der Waals surface area contributed by atoms with Crippen molar-refractivity contribution in [2.24, 2.45) is 0 Å². The van der Waals surface area contributed by atoms with Gasteiger partial charge in [0.1, 0.15) is 5.69 Å². The lowest BCUT2D eigenvalue weighted by molar-refractivity contribution is 0.0985. The lowest BCUT2D eigenvalue weighted by Crippen LogP contribution is -2.17. The summed E-state index contributed by atoms with van der Waals surface area (Å²) in [6.07, 6.45) is 1.60. The molecule has 0 spiro atoms. The molecule has 0 aliphatic rings. The Morgan fingerprint density at radius 3 is 2.52 bits per heavy atom. The molecule has 2 aromatic heterocycles. The summed E-state index contributed by atoms with van der Waals surface area (Å²) in [5.41, 5.74) is 2.30. The van der Waals surface area contributed by atoms with Gasteiger partial charge in [-0.3, -0.25) is 14.6 Å². The molecule has 0 radical (unpaired) electrons. The number of hydrogen-bond donors (Lipinski definition) is 2. The normalized spacial score (nSPS) is 10.6. The van der Waals surface area contributed by atoms with Gasteiger partial charge in [0.15, 0.2) is 17.3 Å². The van der Waals surface area contributed by atoms with Gasteiger partial charge in [-0.25, -0.2) is 4.98 Å². The number of ketones is 1. The topological polar surface area (TPSA) is 95.9 Å². The molecule has 2 heterocycles. The first-order valence-corrected chi connectivity index (χ1v) is 7.79. The number of nitrogens with zero attached hydrogens (tertiary/aromatic N) is 2. The van der Waals surface area contributed by atoms with Gasteiger partial charge < -0.3 is 10.1 Å². The van der Waals surface area contributed by atoms with Gasteiger partial charge in [0.25, 0.3) is 5.56 Å². The molecule has 3 aromatic rings. The molecule has 25 heavy (non-hydrogen) atoms. The lowest BCUT2D eigenvalue weighted by Gasteiger charge is -2.07. The first-order chi connectivity index (χ1) is 11.9. The van der Waals surface area contributed by atoms with E-state index in [4.69, 9.17) is 0 Å². The van der Waals surface area contributed by atoms with Crippen LogP contribution in [0.25, 0.3) is 11.5 Å². The number of rotatable bonds is 4. The van der Waals surface area contributed by atoms with Crippen LogP contribution in [-0.4, -0.2) is 25.8 Å². The van der Waals surface area contributed by atoms with Crippen LogP contribution in [0, 0.1) is 13.8 Å². The van der Waals surface area contributed by atoms with Gasteiger partial charge in [0.05, 0.1) is 0 Å². The molecule has 2 N–H and O–H groups in total. The number of carbonyl (C=O) groups excluding carboxylic acids is 1. The van der Waals surface area contributed by atoms with E-state index in [1.54, 1.807) is 24.4 Å². The predicted octanol–water partition coefficient (Wildman–Crippen LogP) is 2.58. The molecule has 6 heteroatoms. The minimum atomic E-state index is -0.764. The maximum absolute atomic E-state index is 12.6. The standard InChI is InChI=1S/C19H17N3O3/c1-11-7-12(2)9-13(8-11)10-15(23)16-17(24)19(25)22-18(21-16)14-5-3-4-6-20-14/h3-9,24H,10H2,1-2H3,(H,21,22,25). The highest BCUT2D eigenvalue weighted by molar-refractivity contribution is 5.98. The predicted molar refractivity (Wildman–Crippen MR) is 93.7 cm³/mol. The molecule has 0 aliphatic carbocycles. The average Bonchev–Trinajstić information content (AvgIpc) is 2.57. The molecule has 0 bridgehead atoms. The molecular formula is C19H17N3O3. The Morgan fingerprint density at radius 1 is 1.16 bits per heavy atom. The third kappa shape index (κ3) is 3.63. The van der Waals surface area contributed by atoms with Crippen LogP contribution >= 0.6 is 0 Å². The maximum Gasteiger partial charge on any atom is 0.294 e. The van der Waals surface area contributed by atoms with Gasteiger partial charge in [-0.05, 0) is 31.5 Å². The van der Waals surface area contributed by atoms with E-state index in [0.717, 1.165) is 16.7 Å². The fourth-order valence-corrected chi connectivity index (χ4v) is 2.73. The second-order valence-electron chi connectivity index (χ2n) is 5.92. The fourth-order valence-electron chi connectivity index (χ4n) is 2.73. The summed E-state index contributed by atoms with van der Waals surface area (Å²) in [7, 11) is 0. The number of benzene rings is 1. The summed E-state index contributed by atoms with van der Waals surface area (Å²) in [5.74, 6) is -0.952. The van der Waals surface area contributed by atoms with E-state index in [1.807, 2.05) is 32.0 Å². The van der Waals surface area contributed by atoms with Gasteiger partial charge in [-0.1, -0.05) is 35.4 Å². The number of nitrogens with one attached hydrogen (secondary N) is 1. The van der Waals surface area contributed by atoms with Gasteiger partial charge in [0, 0.05) is 12.6 Å². The van der Waals surface area contributed by atoms with Crippen LogP contribution in [0.5, 0.6) is 5.75 Å². The van der Waals surface area contributed by atoms with Crippen molar-refractivity contribution in [2.45, 2.75) is 20.3 Å². The molecule has 0 saturated heterocycles. The van der Waals surface area contributed by atoms with E-state index in [9.17, 15) is 14.7 Å². The Bertz CT molecular complexity index is 974. The first kappa shape index (κ1) is 16.6. The SMILES string of the molecule is Cc1cc(C)cc(CC(=O)c2nc(-c3ccccn3)[nH]c(=O)c2O)c1. The summed E-state index contributed by atoms with van der Waals surface area (Å²) in [6.45, 7) is 3.90. The van der Waals surface area contributed by atoms with E-state index >= 15 is 0 Å². The van der Waals surface area contributed by atoms with Crippen molar-refractivity contribution in [3.63, 3.8) is 0 Å². The van der Waals surface area contributed by atoms with E-state index in [0.29, 0.717) is 5.69 Å². The second-order valence-corrected chi connectivity index (χ2v) is 5.92. The summed E-state index contributed by atoms with van der Waals surface area (Å²) >= 11 is 0. The highest BCUT2D eigenvalue weighted by Gasteiger charge is 2.19. The minimum absolute atomic E-state index is 0.0498. The number of pyridine rings is 1. The molecule has 0 saturated carbocycles. The van der Waals surface area contributed by atoms with Crippen molar-refractivity contribution in [2.75, 3.05) is 0 Å². The van der Waals surface area contributed by atoms with E-state index < -0.39 is 17.1 Å². The molecule has 1 aromatic carbocycles. The van der Waals surface area contributed by atoms with Crippen LogP contribution in [0.1, 0.15) is 27.2 Å². The summed E-state index contributed by atoms with van der Waals surface area (Å²) in [6, 6.07) is 10.9. The van der Waals surface area contributed by atoms with Crippen LogP contribution in [0.3, 0.4) is 0 Å². The van der Waals surface area contributed by atoms with Gasteiger partial charge >= 0.3 is 0 Å². The van der Waals surface area contributed by atoms with Crippen LogP contribution < -0.4 is 5.56 Å². The summed E-state index contributed by atoms with van der Waals surface area (Å²) in [4.78, 5) is 35.2. The molecule has 6 nitrogen and oxygen atoms in total. The summed E-state index contributed by atoms with van der Waals surface area (Å²) in [5, 5.41) is 9.98. The van der Waals surface area contributed by atoms with Crippen molar-refractivity contribution in [3.05, 3.63) is 75.3 Å². The Hall–Kier alpha value is -3.28. The fraction of sp³-hybridized carbons (Fsp3) is 0.158. The highest BCUT2D eigenvalue weighted by Crippen LogP contribution is 2.18. The Balaban J connectivity index is 1.99. The largest absolute Gasteiger partial charge is 0.501 e. The van der Waals surface area contributed by atoms with Crippen LogP contribution in [0.2, 0.25) is 0 Å². The van der Waals surface area contributed by atoms with Crippen LogP contribution in [0.15, 0.2) is 47.4 Å². The van der Waals surface area contributed by atoms with Gasteiger partial charge in [-0.15, -0.1) is 0 Å². The molecular weight excluding hydrogens is 318 g/mol. The Morgan fingerprint density at radius 2 is 1.88 bits per heavy atom. The average molecular weight is 335 g/mol. The van der Waals surface area contributed by atoms with Crippen molar-refractivity contribution in [3.8, 4) is 17.3 Å².